The van der Waals surface area contributed by atoms with Crippen molar-refractivity contribution < 1.29 is 4.79 Å². The van der Waals surface area contributed by atoms with E-state index in [0.29, 0.717) is 22.9 Å². The molecule has 0 aromatic heterocycles. The first kappa shape index (κ1) is 13.1. The third-order valence-corrected chi connectivity index (χ3v) is 3.32. The SMILES string of the molecule is O=C(CCc1ccc(Cl)cc1Cl)c1ccccc1. The molecular weight excluding hydrogens is 267 g/mol. The largest absolute Gasteiger partial charge is 0.294 e. The molecule has 3 heteroatoms. The lowest BCUT2D eigenvalue weighted by Crippen LogP contribution is -2.01. The first-order chi connectivity index (χ1) is 8.66. The molecule has 18 heavy (non-hydrogen) atoms. The van der Waals surface area contributed by atoms with Crippen LogP contribution in [0.5, 0.6) is 0 Å². The minimum atomic E-state index is 0.126. The Hall–Kier alpha value is -1.31. The van der Waals surface area contributed by atoms with Gasteiger partial charge in [0.25, 0.3) is 0 Å². The number of hydrogen-bond acceptors (Lipinski definition) is 1. The molecule has 0 aliphatic rings. The number of rotatable bonds is 4. The van der Waals surface area contributed by atoms with Gasteiger partial charge in [-0.3, -0.25) is 4.79 Å². The van der Waals surface area contributed by atoms with Crippen LogP contribution >= 0.6 is 23.2 Å². The van der Waals surface area contributed by atoms with E-state index in [4.69, 9.17) is 23.2 Å². The van der Waals surface area contributed by atoms with Crippen molar-refractivity contribution in [3.63, 3.8) is 0 Å². The Morgan fingerprint density at radius 2 is 1.72 bits per heavy atom. The molecule has 0 fully saturated rings. The monoisotopic (exact) mass is 278 g/mol. The van der Waals surface area contributed by atoms with Crippen LogP contribution in [0.25, 0.3) is 0 Å². The van der Waals surface area contributed by atoms with Gasteiger partial charge in [-0.05, 0) is 24.1 Å². The van der Waals surface area contributed by atoms with E-state index in [2.05, 4.69) is 0 Å². The second-order valence-corrected chi connectivity index (χ2v) is 4.87. The van der Waals surface area contributed by atoms with Gasteiger partial charge in [-0.1, -0.05) is 59.6 Å². The van der Waals surface area contributed by atoms with Crippen molar-refractivity contribution in [2.75, 3.05) is 0 Å². The lowest BCUT2D eigenvalue weighted by Gasteiger charge is -2.04. The van der Waals surface area contributed by atoms with Gasteiger partial charge in [0, 0.05) is 22.0 Å². The molecule has 2 aromatic rings. The maximum absolute atomic E-state index is 11.9. The van der Waals surface area contributed by atoms with Crippen LogP contribution in [-0.2, 0) is 6.42 Å². The van der Waals surface area contributed by atoms with E-state index < -0.39 is 0 Å². The van der Waals surface area contributed by atoms with E-state index in [1.165, 1.54) is 0 Å². The number of halogens is 2. The van der Waals surface area contributed by atoms with E-state index in [-0.39, 0.29) is 5.78 Å². The second kappa shape index (κ2) is 6.03. The number of ketones is 1. The van der Waals surface area contributed by atoms with Crippen molar-refractivity contribution in [2.45, 2.75) is 12.8 Å². The summed E-state index contributed by atoms with van der Waals surface area (Å²) in [5.74, 6) is 0.126. The Kier molecular flexibility index (Phi) is 4.40. The minimum Gasteiger partial charge on any atom is -0.294 e. The van der Waals surface area contributed by atoms with Gasteiger partial charge in [-0.25, -0.2) is 0 Å². The van der Waals surface area contributed by atoms with Crippen molar-refractivity contribution in [3.05, 3.63) is 69.7 Å². The van der Waals surface area contributed by atoms with Gasteiger partial charge in [0.05, 0.1) is 0 Å². The number of aryl methyl sites for hydroxylation is 1. The Morgan fingerprint density at radius 3 is 2.39 bits per heavy atom. The van der Waals surface area contributed by atoms with Gasteiger partial charge in [0.2, 0.25) is 0 Å². The minimum absolute atomic E-state index is 0.126. The average Bonchev–Trinajstić information content (AvgIpc) is 2.38. The molecule has 0 saturated heterocycles. The fourth-order valence-corrected chi connectivity index (χ4v) is 2.24. The Morgan fingerprint density at radius 1 is 1.00 bits per heavy atom. The Labute approximate surface area is 116 Å². The molecule has 0 atom stereocenters. The van der Waals surface area contributed by atoms with Crippen LogP contribution in [0.15, 0.2) is 48.5 Å². The highest BCUT2D eigenvalue weighted by Gasteiger charge is 2.07. The fraction of sp³-hybridized carbons (Fsp3) is 0.133. The smallest absolute Gasteiger partial charge is 0.163 e. The topological polar surface area (TPSA) is 17.1 Å². The van der Waals surface area contributed by atoms with Gasteiger partial charge >= 0.3 is 0 Å². The van der Waals surface area contributed by atoms with Crippen LogP contribution in [0, 0.1) is 0 Å². The molecule has 0 aliphatic heterocycles. The predicted octanol–water partition coefficient (Wildman–Crippen LogP) is 4.81. The summed E-state index contributed by atoms with van der Waals surface area (Å²) < 4.78 is 0. The molecule has 92 valence electrons. The van der Waals surface area contributed by atoms with E-state index >= 15 is 0 Å². The third-order valence-electron chi connectivity index (χ3n) is 2.73. The van der Waals surface area contributed by atoms with Crippen LogP contribution in [0.1, 0.15) is 22.3 Å². The summed E-state index contributed by atoms with van der Waals surface area (Å²) in [5.41, 5.74) is 1.69. The highest BCUT2D eigenvalue weighted by Crippen LogP contribution is 2.22. The van der Waals surface area contributed by atoms with Gasteiger partial charge < -0.3 is 0 Å². The lowest BCUT2D eigenvalue weighted by atomic mass is 10.0. The average molecular weight is 279 g/mol. The van der Waals surface area contributed by atoms with Crippen molar-refractivity contribution in [1.29, 1.82) is 0 Å². The highest BCUT2D eigenvalue weighted by atomic mass is 35.5. The van der Waals surface area contributed by atoms with Crippen molar-refractivity contribution in [3.8, 4) is 0 Å². The molecular formula is C15H12Cl2O. The molecule has 0 heterocycles. The molecule has 0 radical (unpaired) electrons. The van der Waals surface area contributed by atoms with Crippen molar-refractivity contribution in [2.24, 2.45) is 0 Å². The number of carbonyl (C=O) groups is 1. The number of benzene rings is 2. The predicted molar refractivity (Wildman–Crippen MR) is 75.6 cm³/mol. The summed E-state index contributed by atoms with van der Waals surface area (Å²) in [4.78, 5) is 11.9. The van der Waals surface area contributed by atoms with Crippen LogP contribution < -0.4 is 0 Å². The number of Topliss-reactive ketones (excluding diaryl/α,β-unsaturated/α-hetero) is 1. The first-order valence-corrected chi connectivity index (χ1v) is 6.44. The normalized spacial score (nSPS) is 10.3. The zero-order chi connectivity index (χ0) is 13.0. The fourth-order valence-electron chi connectivity index (χ4n) is 1.74. The molecule has 0 saturated carbocycles. The zero-order valence-corrected chi connectivity index (χ0v) is 11.2. The van der Waals surface area contributed by atoms with Gasteiger partial charge in [0.1, 0.15) is 0 Å². The highest BCUT2D eigenvalue weighted by molar-refractivity contribution is 6.35. The summed E-state index contributed by atoms with van der Waals surface area (Å²) >= 11 is 11.9. The summed E-state index contributed by atoms with van der Waals surface area (Å²) in [5, 5.41) is 1.22. The quantitative estimate of drug-likeness (QED) is 0.734. The molecule has 2 aromatic carbocycles. The Bertz CT molecular complexity index is 550. The lowest BCUT2D eigenvalue weighted by molar-refractivity contribution is 0.0983. The van der Waals surface area contributed by atoms with Crippen LogP contribution in [0.4, 0.5) is 0 Å². The molecule has 0 N–H and O–H groups in total. The molecule has 0 aliphatic carbocycles. The van der Waals surface area contributed by atoms with E-state index in [0.717, 1.165) is 11.1 Å². The Balaban J connectivity index is 2.02. The van der Waals surface area contributed by atoms with Crippen molar-refractivity contribution in [1.82, 2.24) is 0 Å². The molecule has 2 rings (SSSR count). The van der Waals surface area contributed by atoms with Crippen molar-refractivity contribution >= 4 is 29.0 Å². The van der Waals surface area contributed by atoms with Gasteiger partial charge in [-0.2, -0.15) is 0 Å². The summed E-state index contributed by atoms with van der Waals surface area (Å²) in [6.45, 7) is 0. The number of hydrogen-bond donors (Lipinski definition) is 0. The van der Waals surface area contributed by atoms with E-state index in [9.17, 15) is 4.79 Å². The molecule has 0 spiro atoms. The van der Waals surface area contributed by atoms with Gasteiger partial charge in [0.15, 0.2) is 5.78 Å². The molecule has 1 nitrogen and oxygen atoms in total. The maximum Gasteiger partial charge on any atom is 0.163 e. The van der Waals surface area contributed by atoms with Crippen LogP contribution in [-0.4, -0.2) is 5.78 Å². The van der Waals surface area contributed by atoms with Crippen LogP contribution in [0.3, 0.4) is 0 Å². The standard InChI is InChI=1S/C15H12Cl2O/c16-13-8-6-11(14(17)10-13)7-9-15(18)12-4-2-1-3-5-12/h1-6,8,10H,7,9H2. The van der Waals surface area contributed by atoms with Gasteiger partial charge in [-0.15, -0.1) is 0 Å². The maximum atomic E-state index is 11.9. The van der Waals surface area contributed by atoms with Crippen LogP contribution in [0.2, 0.25) is 10.0 Å². The van der Waals surface area contributed by atoms with E-state index in [1.54, 1.807) is 12.1 Å². The number of carbonyl (C=O) groups excluding carboxylic acids is 1. The molecule has 0 bridgehead atoms. The second-order valence-electron chi connectivity index (χ2n) is 4.02. The molecule has 0 unspecified atom stereocenters. The zero-order valence-electron chi connectivity index (χ0n) is 9.70. The first-order valence-electron chi connectivity index (χ1n) is 5.69. The van der Waals surface area contributed by atoms with E-state index in [1.807, 2.05) is 36.4 Å². The third kappa shape index (κ3) is 3.34. The summed E-state index contributed by atoms with van der Waals surface area (Å²) in [6, 6.07) is 14.6. The molecule has 0 amide bonds. The summed E-state index contributed by atoms with van der Waals surface area (Å²) in [7, 11) is 0. The summed E-state index contributed by atoms with van der Waals surface area (Å²) in [6.07, 6.45) is 1.08.